The SMILES string of the molecule is CCCNc1cc(Oc2cccc(I)c2)cc([N+](=O)[O-])c1. The van der Waals surface area contributed by atoms with E-state index in [1.54, 1.807) is 6.07 Å². The van der Waals surface area contributed by atoms with E-state index in [0.29, 0.717) is 17.2 Å². The lowest BCUT2D eigenvalue weighted by molar-refractivity contribution is -0.384. The fraction of sp³-hybridized carbons (Fsp3) is 0.200. The van der Waals surface area contributed by atoms with E-state index in [-0.39, 0.29) is 5.69 Å². The molecule has 0 aliphatic heterocycles. The van der Waals surface area contributed by atoms with Gasteiger partial charge >= 0.3 is 0 Å². The molecule has 0 aliphatic rings. The molecule has 0 saturated carbocycles. The Hall–Kier alpha value is -1.83. The van der Waals surface area contributed by atoms with Crippen molar-refractivity contribution in [3.63, 3.8) is 0 Å². The minimum atomic E-state index is -0.418. The van der Waals surface area contributed by atoms with E-state index in [9.17, 15) is 10.1 Å². The summed E-state index contributed by atoms with van der Waals surface area (Å²) < 4.78 is 6.76. The summed E-state index contributed by atoms with van der Waals surface area (Å²) in [7, 11) is 0. The normalized spacial score (nSPS) is 10.2. The highest BCUT2D eigenvalue weighted by molar-refractivity contribution is 14.1. The van der Waals surface area contributed by atoms with Crippen LogP contribution in [0, 0.1) is 13.7 Å². The van der Waals surface area contributed by atoms with Gasteiger partial charge in [-0.3, -0.25) is 10.1 Å². The molecular weight excluding hydrogens is 383 g/mol. The molecule has 0 heterocycles. The average molecular weight is 398 g/mol. The number of nitrogens with zero attached hydrogens (tertiary/aromatic N) is 1. The summed E-state index contributed by atoms with van der Waals surface area (Å²) >= 11 is 2.19. The second-order valence-electron chi connectivity index (χ2n) is 4.46. The molecule has 0 saturated heterocycles. The van der Waals surface area contributed by atoms with E-state index >= 15 is 0 Å². The summed E-state index contributed by atoms with van der Waals surface area (Å²) in [5, 5.41) is 14.1. The highest BCUT2D eigenvalue weighted by Crippen LogP contribution is 2.30. The second-order valence-corrected chi connectivity index (χ2v) is 5.70. The molecule has 2 aromatic rings. The number of rotatable bonds is 6. The van der Waals surface area contributed by atoms with Crippen molar-refractivity contribution >= 4 is 34.0 Å². The van der Waals surface area contributed by atoms with Gasteiger partial charge in [-0.15, -0.1) is 0 Å². The molecule has 0 aromatic heterocycles. The van der Waals surface area contributed by atoms with Gasteiger partial charge < -0.3 is 10.1 Å². The van der Waals surface area contributed by atoms with Gasteiger partial charge in [0, 0.05) is 27.9 Å². The largest absolute Gasteiger partial charge is 0.457 e. The van der Waals surface area contributed by atoms with Crippen LogP contribution in [0.2, 0.25) is 0 Å². The van der Waals surface area contributed by atoms with Crippen LogP contribution in [0.1, 0.15) is 13.3 Å². The molecule has 0 bridgehead atoms. The molecule has 110 valence electrons. The number of halogens is 1. The van der Waals surface area contributed by atoms with Crippen molar-refractivity contribution in [3.8, 4) is 11.5 Å². The van der Waals surface area contributed by atoms with Gasteiger partial charge in [-0.25, -0.2) is 0 Å². The Kier molecular flexibility index (Phi) is 5.38. The Labute approximate surface area is 136 Å². The number of nitro benzene ring substituents is 1. The monoisotopic (exact) mass is 398 g/mol. The first-order valence-electron chi connectivity index (χ1n) is 6.55. The summed E-state index contributed by atoms with van der Waals surface area (Å²) in [5.74, 6) is 1.11. The number of nitrogens with one attached hydrogen (secondary N) is 1. The van der Waals surface area contributed by atoms with E-state index in [0.717, 1.165) is 16.5 Å². The van der Waals surface area contributed by atoms with Crippen LogP contribution in [0.25, 0.3) is 0 Å². The third kappa shape index (κ3) is 4.59. The highest BCUT2D eigenvalue weighted by atomic mass is 127. The maximum absolute atomic E-state index is 11.0. The van der Waals surface area contributed by atoms with Gasteiger partial charge in [0.1, 0.15) is 11.5 Å². The van der Waals surface area contributed by atoms with E-state index < -0.39 is 4.92 Å². The molecular formula is C15H15IN2O3. The molecule has 2 rings (SSSR count). The van der Waals surface area contributed by atoms with E-state index in [4.69, 9.17) is 4.74 Å². The number of anilines is 1. The molecule has 2 aromatic carbocycles. The lowest BCUT2D eigenvalue weighted by atomic mass is 10.2. The Morgan fingerprint density at radius 2 is 2.05 bits per heavy atom. The summed E-state index contributed by atoms with van der Waals surface area (Å²) in [6.45, 7) is 2.79. The third-order valence-electron chi connectivity index (χ3n) is 2.71. The summed E-state index contributed by atoms with van der Waals surface area (Å²) in [5.41, 5.74) is 0.698. The molecule has 1 N–H and O–H groups in total. The van der Waals surface area contributed by atoms with Crippen molar-refractivity contribution in [3.05, 3.63) is 56.1 Å². The van der Waals surface area contributed by atoms with Crippen molar-refractivity contribution in [2.45, 2.75) is 13.3 Å². The van der Waals surface area contributed by atoms with Crippen molar-refractivity contribution in [2.75, 3.05) is 11.9 Å². The number of hydrogen-bond donors (Lipinski definition) is 1. The zero-order chi connectivity index (χ0) is 15.2. The molecule has 21 heavy (non-hydrogen) atoms. The zero-order valence-corrected chi connectivity index (χ0v) is 13.7. The number of non-ortho nitro benzene ring substituents is 1. The standard InChI is InChI=1S/C15H15IN2O3/c1-2-6-17-12-8-13(18(19)20)10-15(9-12)21-14-5-3-4-11(16)7-14/h3-5,7-10,17H,2,6H2,1H3. The topological polar surface area (TPSA) is 64.4 Å². The van der Waals surface area contributed by atoms with Gasteiger partial charge in [0.25, 0.3) is 5.69 Å². The molecule has 0 aliphatic carbocycles. The van der Waals surface area contributed by atoms with E-state index in [1.807, 2.05) is 31.2 Å². The molecule has 0 atom stereocenters. The molecule has 0 radical (unpaired) electrons. The number of benzene rings is 2. The molecule has 6 heteroatoms. The fourth-order valence-corrected chi connectivity index (χ4v) is 2.30. The maximum Gasteiger partial charge on any atom is 0.275 e. The van der Waals surface area contributed by atoms with Gasteiger partial charge in [0.2, 0.25) is 0 Å². The molecule has 0 spiro atoms. The van der Waals surface area contributed by atoms with Gasteiger partial charge in [-0.2, -0.15) is 0 Å². The number of nitro groups is 1. The maximum atomic E-state index is 11.0. The quantitative estimate of drug-likeness (QED) is 0.431. The Bertz CT molecular complexity index is 647. The van der Waals surface area contributed by atoms with Crippen LogP contribution in [0.3, 0.4) is 0 Å². The van der Waals surface area contributed by atoms with E-state index in [1.165, 1.54) is 12.1 Å². The Morgan fingerprint density at radius 3 is 2.71 bits per heavy atom. The number of ether oxygens (including phenoxy) is 1. The van der Waals surface area contributed by atoms with Gasteiger partial charge in [0.15, 0.2) is 0 Å². The molecule has 5 nitrogen and oxygen atoms in total. The highest BCUT2D eigenvalue weighted by Gasteiger charge is 2.11. The first-order chi connectivity index (χ1) is 10.1. The van der Waals surface area contributed by atoms with Crippen LogP contribution in [0.4, 0.5) is 11.4 Å². The minimum absolute atomic E-state index is 0.0109. The minimum Gasteiger partial charge on any atom is -0.457 e. The summed E-state index contributed by atoms with van der Waals surface area (Å²) in [4.78, 5) is 10.6. The molecule has 0 amide bonds. The smallest absolute Gasteiger partial charge is 0.275 e. The van der Waals surface area contributed by atoms with Crippen molar-refractivity contribution in [1.82, 2.24) is 0 Å². The van der Waals surface area contributed by atoms with Crippen LogP contribution in [-0.4, -0.2) is 11.5 Å². The predicted octanol–water partition coefficient (Wildman–Crippen LogP) is 4.81. The lowest BCUT2D eigenvalue weighted by Crippen LogP contribution is -2.01. The summed E-state index contributed by atoms with van der Waals surface area (Å²) in [6.07, 6.45) is 0.940. The third-order valence-corrected chi connectivity index (χ3v) is 3.38. The first-order valence-corrected chi connectivity index (χ1v) is 7.63. The van der Waals surface area contributed by atoms with Gasteiger partial charge in [0.05, 0.1) is 11.0 Å². The molecule has 0 fully saturated rings. The van der Waals surface area contributed by atoms with Crippen LogP contribution in [0.15, 0.2) is 42.5 Å². The first kappa shape index (κ1) is 15.6. The predicted molar refractivity (Wildman–Crippen MR) is 91.1 cm³/mol. The Balaban J connectivity index is 2.28. The van der Waals surface area contributed by atoms with Crippen molar-refractivity contribution < 1.29 is 9.66 Å². The zero-order valence-electron chi connectivity index (χ0n) is 11.5. The van der Waals surface area contributed by atoms with Gasteiger partial charge in [-0.05, 0) is 47.2 Å². The average Bonchev–Trinajstić information content (AvgIpc) is 2.45. The van der Waals surface area contributed by atoms with Crippen LogP contribution in [-0.2, 0) is 0 Å². The summed E-state index contributed by atoms with van der Waals surface area (Å²) in [6, 6.07) is 12.2. The fourth-order valence-electron chi connectivity index (χ4n) is 1.79. The number of hydrogen-bond acceptors (Lipinski definition) is 4. The van der Waals surface area contributed by atoms with Crippen molar-refractivity contribution in [2.24, 2.45) is 0 Å². The van der Waals surface area contributed by atoms with Gasteiger partial charge in [-0.1, -0.05) is 13.0 Å². The second kappa shape index (κ2) is 7.26. The van der Waals surface area contributed by atoms with Crippen LogP contribution < -0.4 is 10.1 Å². The van der Waals surface area contributed by atoms with Crippen LogP contribution >= 0.6 is 22.6 Å². The van der Waals surface area contributed by atoms with Crippen LogP contribution in [0.5, 0.6) is 11.5 Å². The van der Waals surface area contributed by atoms with Crippen molar-refractivity contribution in [1.29, 1.82) is 0 Å². The van der Waals surface area contributed by atoms with E-state index in [2.05, 4.69) is 27.9 Å². The molecule has 0 unspecified atom stereocenters. The lowest BCUT2D eigenvalue weighted by Gasteiger charge is -2.09. The Morgan fingerprint density at radius 1 is 1.24 bits per heavy atom.